The smallest absolute Gasteiger partial charge is 0.182 e. The summed E-state index contributed by atoms with van der Waals surface area (Å²) < 4.78 is 2.77. The number of aryl methyl sites for hydroxylation is 1. The number of benzene rings is 2. The van der Waals surface area contributed by atoms with Gasteiger partial charge in [0.1, 0.15) is 5.01 Å². The zero-order valence-electron chi connectivity index (χ0n) is 12.8. The summed E-state index contributed by atoms with van der Waals surface area (Å²) in [5.41, 5.74) is 3.38. The van der Waals surface area contributed by atoms with Crippen molar-refractivity contribution in [3.8, 4) is 11.4 Å². The maximum Gasteiger partial charge on any atom is 0.235 e. The van der Waals surface area contributed by atoms with E-state index < -0.39 is 0 Å². The van der Waals surface area contributed by atoms with Crippen LogP contribution in [0.5, 0.6) is 0 Å². The maximum atomic E-state index is 4.63. The van der Waals surface area contributed by atoms with Gasteiger partial charge in [-0.1, -0.05) is 75.3 Å². The van der Waals surface area contributed by atoms with Crippen LogP contribution in [-0.4, -0.2) is 19.8 Å². The lowest BCUT2D eigenvalue weighted by Crippen LogP contribution is -1.91. The first kappa shape index (κ1) is 15.2. The van der Waals surface area contributed by atoms with Crippen molar-refractivity contribution in [2.45, 2.75) is 6.92 Å². The third kappa shape index (κ3) is 2.90. The molecule has 4 nitrogen and oxygen atoms in total. The van der Waals surface area contributed by atoms with Crippen molar-refractivity contribution in [1.29, 1.82) is 0 Å². The Labute approximate surface area is 151 Å². The van der Waals surface area contributed by atoms with E-state index in [1.54, 1.807) is 4.52 Å². The molecule has 2 aromatic carbocycles. The van der Waals surface area contributed by atoms with Crippen LogP contribution in [0, 0.1) is 6.92 Å². The molecule has 24 heavy (non-hydrogen) atoms. The van der Waals surface area contributed by atoms with Crippen LogP contribution in [0.1, 0.15) is 16.1 Å². The van der Waals surface area contributed by atoms with Crippen LogP contribution in [0.3, 0.4) is 0 Å². The van der Waals surface area contributed by atoms with Gasteiger partial charge in [0.2, 0.25) is 4.96 Å². The van der Waals surface area contributed by atoms with Gasteiger partial charge < -0.3 is 0 Å². The lowest BCUT2D eigenvalue weighted by Gasteiger charge is -1.99. The number of fused-ring (bicyclic) bond motifs is 1. The number of hydrogen-bond acceptors (Lipinski definition) is 4. The molecule has 0 aliphatic heterocycles. The number of rotatable bonds is 3. The van der Waals surface area contributed by atoms with Gasteiger partial charge in [0.15, 0.2) is 5.82 Å². The predicted octanol–water partition coefficient (Wildman–Crippen LogP) is 5.09. The molecule has 2 aromatic heterocycles. The summed E-state index contributed by atoms with van der Waals surface area (Å²) in [7, 11) is 0. The standard InChI is InChI=1S/C18H13BrN4S/c1-12-5-4-6-13(11-12)9-10-16-22-23-17(20-21-18(23)24-16)14-7-2-3-8-15(14)19/h2-11H,1H3/b10-9+. The van der Waals surface area contributed by atoms with Crippen LogP contribution >= 0.6 is 27.3 Å². The summed E-state index contributed by atoms with van der Waals surface area (Å²) in [6.07, 6.45) is 4.08. The highest BCUT2D eigenvalue weighted by molar-refractivity contribution is 9.10. The molecule has 4 rings (SSSR count). The second-order valence-electron chi connectivity index (χ2n) is 5.39. The van der Waals surface area contributed by atoms with E-state index >= 15 is 0 Å². The third-order valence-electron chi connectivity index (χ3n) is 3.58. The van der Waals surface area contributed by atoms with Gasteiger partial charge in [-0.3, -0.25) is 0 Å². The summed E-state index contributed by atoms with van der Waals surface area (Å²) in [5.74, 6) is 0.740. The number of hydrogen-bond donors (Lipinski definition) is 0. The monoisotopic (exact) mass is 396 g/mol. The highest BCUT2D eigenvalue weighted by Crippen LogP contribution is 2.28. The zero-order chi connectivity index (χ0) is 16.5. The van der Waals surface area contributed by atoms with Gasteiger partial charge in [-0.25, -0.2) is 0 Å². The molecule has 0 saturated heterocycles. The molecule has 0 aliphatic rings. The largest absolute Gasteiger partial charge is 0.235 e. The topological polar surface area (TPSA) is 43.1 Å². The molecule has 118 valence electrons. The second kappa shape index (κ2) is 6.30. The Morgan fingerprint density at radius 2 is 1.92 bits per heavy atom. The van der Waals surface area contributed by atoms with Gasteiger partial charge in [-0.05, 0) is 30.7 Å². The van der Waals surface area contributed by atoms with Crippen LogP contribution in [-0.2, 0) is 0 Å². The highest BCUT2D eigenvalue weighted by Gasteiger charge is 2.14. The molecule has 0 aliphatic carbocycles. The first-order valence-electron chi connectivity index (χ1n) is 7.42. The van der Waals surface area contributed by atoms with Gasteiger partial charge in [0.05, 0.1) is 0 Å². The highest BCUT2D eigenvalue weighted by atomic mass is 79.9. The summed E-state index contributed by atoms with van der Waals surface area (Å²) in [5, 5.41) is 14.0. The predicted molar refractivity (Wildman–Crippen MR) is 102 cm³/mol. The molecular formula is C18H13BrN4S. The average Bonchev–Trinajstić information content (AvgIpc) is 3.14. The van der Waals surface area contributed by atoms with E-state index in [9.17, 15) is 0 Å². The van der Waals surface area contributed by atoms with Crippen molar-refractivity contribution in [3.63, 3.8) is 0 Å². The SMILES string of the molecule is Cc1cccc(/C=C/c2nn3c(-c4ccccc4Br)nnc3s2)c1. The molecule has 0 spiro atoms. The van der Waals surface area contributed by atoms with Gasteiger partial charge in [0.25, 0.3) is 0 Å². The average molecular weight is 397 g/mol. The van der Waals surface area contributed by atoms with Crippen molar-refractivity contribution in [2.75, 3.05) is 0 Å². The molecule has 2 heterocycles. The molecule has 0 amide bonds. The fourth-order valence-electron chi connectivity index (χ4n) is 2.45. The van der Waals surface area contributed by atoms with Crippen molar-refractivity contribution >= 4 is 44.4 Å². The molecule has 0 unspecified atom stereocenters. The Morgan fingerprint density at radius 1 is 1.04 bits per heavy atom. The van der Waals surface area contributed by atoms with E-state index in [2.05, 4.69) is 68.5 Å². The first-order chi connectivity index (χ1) is 11.7. The van der Waals surface area contributed by atoms with Gasteiger partial charge in [-0.2, -0.15) is 9.61 Å². The Morgan fingerprint density at radius 3 is 2.75 bits per heavy atom. The molecular weight excluding hydrogens is 384 g/mol. The van der Waals surface area contributed by atoms with Crippen LogP contribution < -0.4 is 0 Å². The number of halogens is 1. The van der Waals surface area contributed by atoms with Crippen LogP contribution in [0.25, 0.3) is 28.5 Å². The summed E-state index contributed by atoms with van der Waals surface area (Å²) in [6, 6.07) is 16.3. The zero-order valence-corrected chi connectivity index (χ0v) is 15.3. The molecule has 0 saturated carbocycles. The normalized spacial score (nSPS) is 11.6. The third-order valence-corrected chi connectivity index (χ3v) is 5.14. The molecule has 6 heteroatoms. The molecule has 0 atom stereocenters. The lowest BCUT2D eigenvalue weighted by molar-refractivity contribution is 0.959. The van der Waals surface area contributed by atoms with E-state index in [4.69, 9.17) is 0 Å². The minimum Gasteiger partial charge on any atom is -0.182 e. The fourth-order valence-corrected chi connectivity index (χ4v) is 3.65. The Kier molecular flexibility index (Phi) is 4.00. The first-order valence-corrected chi connectivity index (χ1v) is 9.03. The molecule has 4 aromatic rings. The van der Waals surface area contributed by atoms with Crippen LogP contribution in [0.4, 0.5) is 0 Å². The number of nitrogens with zero attached hydrogens (tertiary/aromatic N) is 4. The Balaban J connectivity index is 1.71. The van der Waals surface area contributed by atoms with Crippen molar-refractivity contribution in [3.05, 3.63) is 69.1 Å². The minimum atomic E-state index is 0.740. The van der Waals surface area contributed by atoms with Gasteiger partial charge in [0, 0.05) is 10.0 Å². The van der Waals surface area contributed by atoms with Gasteiger partial charge >= 0.3 is 0 Å². The van der Waals surface area contributed by atoms with Crippen LogP contribution in [0.2, 0.25) is 0 Å². The van der Waals surface area contributed by atoms with E-state index in [0.29, 0.717) is 0 Å². The molecule has 0 bridgehead atoms. The summed E-state index contributed by atoms with van der Waals surface area (Å²) >= 11 is 5.08. The lowest BCUT2D eigenvalue weighted by atomic mass is 10.1. The van der Waals surface area contributed by atoms with E-state index in [1.807, 2.05) is 30.3 Å². The van der Waals surface area contributed by atoms with Crippen molar-refractivity contribution < 1.29 is 0 Å². The molecule has 0 N–H and O–H groups in total. The van der Waals surface area contributed by atoms with Gasteiger partial charge in [-0.15, -0.1) is 10.2 Å². The van der Waals surface area contributed by atoms with E-state index in [-0.39, 0.29) is 0 Å². The fraction of sp³-hybridized carbons (Fsp3) is 0.0556. The van der Waals surface area contributed by atoms with Crippen molar-refractivity contribution in [2.24, 2.45) is 0 Å². The number of aromatic nitrogens is 4. The maximum absolute atomic E-state index is 4.63. The summed E-state index contributed by atoms with van der Waals surface area (Å²) in [6.45, 7) is 2.09. The Hall–Kier alpha value is -2.31. The van der Waals surface area contributed by atoms with Crippen molar-refractivity contribution in [1.82, 2.24) is 19.8 Å². The quantitative estimate of drug-likeness (QED) is 0.484. The minimum absolute atomic E-state index is 0.740. The van der Waals surface area contributed by atoms with E-state index in [0.717, 1.165) is 31.4 Å². The second-order valence-corrected chi connectivity index (χ2v) is 7.23. The summed E-state index contributed by atoms with van der Waals surface area (Å²) in [4.78, 5) is 0.782. The molecule has 0 fully saturated rings. The Bertz CT molecular complexity index is 1050. The van der Waals surface area contributed by atoms with E-state index in [1.165, 1.54) is 16.9 Å². The molecule has 0 radical (unpaired) electrons. The van der Waals surface area contributed by atoms with Crippen LogP contribution in [0.15, 0.2) is 53.0 Å².